The van der Waals surface area contributed by atoms with Crippen molar-refractivity contribution in [3.05, 3.63) is 35.4 Å². The summed E-state index contributed by atoms with van der Waals surface area (Å²) < 4.78 is 5.01. The molecule has 92 valence electrons. The number of methoxy groups -OCH3 is 1. The van der Waals surface area contributed by atoms with E-state index in [9.17, 15) is 0 Å². The van der Waals surface area contributed by atoms with Crippen LogP contribution in [0, 0.1) is 11.8 Å². The van der Waals surface area contributed by atoms with E-state index in [1.54, 1.807) is 7.11 Å². The van der Waals surface area contributed by atoms with Gasteiger partial charge in [0.25, 0.3) is 0 Å². The minimum atomic E-state index is 0.414. The number of nitrogens with two attached hydrogens (primary N) is 1. The predicted molar refractivity (Wildman–Crippen MR) is 75.0 cm³/mol. The zero-order valence-corrected chi connectivity index (χ0v) is 11.1. The van der Waals surface area contributed by atoms with Crippen LogP contribution in [0.3, 0.4) is 0 Å². The minimum absolute atomic E-state index is 0.414. The molecule has 0 amide bonds. The molecule has 0 atom stereocenters. The molecule has 2 N–H and O–H groups in total. The van der Waals surface area contributed by atoms with Crippen molar-refractivity contribution < 1.29 is 4.74 Å². The molecule has 0 aliphatic carbocycles. The summed E-state index contributed by atoms with van der Waals surface area (Å²) in [5.74, 6) is 8.06. The van der Waals surface area contributed by atoms with Crippen LogP contribution in [0.4, 0.5) is 0 Å². The van der Waals surface area contributed by atoms with Gasteiger partial charge in [-0.3, -0.25) is 0 Å². The number of ether oxygens (including phenoxy) is 1. The third-order valence-corrected chi connectivity index (χ3v) is 3.31. The van der Waals surface area contributed by atoms with E-state index in [-0.39, 0.29) is 0 Å². The van der Waals surface area contributed by atoms with E-state index in [1.807, 2.05) is 23.9 Å². The molecule has 3 heteroatoms. The van der Waals surface area contributed by atoms with Crippen molar-refractivity contribution in [3.63, 3.8) is 0 Å². The van der Waals surface area contributed by atoms with Crippen molar-refractivity contribution in [1.82, 2.24) is 0 Å². The van der Waals surface area contributed by atoms with Crippen LogP contribution in [0.1, 0.15) is 17.5 Å². The SMILES string of the molecule is COCCCSCc1ccc(C#CCN)cc1. The van der Waals surface area contributed by atoms with Gasteiger partial charge in [-0.15, -0.1) is 0 Å². The highest BCUT2D eigenvalue weighted by Crippen LogP contribution is 2.13. The fourth-order valence-electron chi connectivity index (χ4n) is 1.33. The molecule has 0 bridgehead atoms. The zero-order chi connectivity index (χ0) is 12.3. The predicted octanol–water partition coefficient (Wildman–Crippen LogP) is 2.27. The lowest BCUT2D eigenvalue weighted by atomic mass is 10.1. The highest BCUT2D eigenvalue weighted by atomic mass is 32.2. The van der Waals surface area contributed by atoms with Gasteiger partial charge in [0.15, 0.2) is 0 Å². The Morgan fingerprint density at radius 3 is 2.71 bits per heavy atom. The molecule has 0 aliphatic rings. The maximum Gasteiger partial charge on any atom is 0.0555 e. The lowest BCUT2D eigenvalue weighted by molar-refractivity contribution is 0.200. The average Bonchev–Trinajstić information content (AvgIpc) is 2.37. The molecule has 2 nitrogen and oxygen atoms in total. The van der Waals surface area contributed by atoms with Crippen LogP contribution in [-0.2, 0) is 10.5 Å². The fourth-order valence-corrected chi connectivity index (χ4v) is 2.23. The molecule has 1 aromatic carbocycles. The van der Waals surface area contributed by atoms with E-state index in [1.165, 1.54) is 5.56 Å². The first-order chi connectivity index (χ1) is 8.36. The Balaban J connectivity index is 2.30. The van der Waals surface area contributed by atoms with Gasteiger partial charge in [-0.2, -0.15) is 11.8 Å². The molecule has 1 aromatic rings. The van der Waals surface area contributed by atoms with Crippen LogP contribution in [0.15, 0.2) is 24.3 Å². The van der Waals surface area contributed by atoms with Gasteiger partial charge in [0, 0.05) is 25.0 Å². The third kappa shape index (κ3) is 6.38. The Kier molecular flexibility index (Phi) is 7.57. The summed E-state index contributed by atoms with van der Waals surface area (Å²) in [6.45, 7) is 1.26. The van der Waals surface area contributed by atoms with E-state index in [4.69, 9.17) is 10.5 Å². The Hall–Kier alpha value is -0.950. The standard InChI is InChI=1S/C14H19NOS/c1-16-10-3-11-17-12-14-7-5-13(6-8-14)4-2-9-15/h5-8H,3,9-12,15H2,1H3. The molecule has 0 radical (unpaired) electrons. The van der Waals surface area contributed by atoms with Crippen LogP contribution < -0.4 is 5.73 Å². The fraction of sp³-hybridized carbons (Fsp3) is 0.429. The molecule has 1 rings (SSSR count). The van der Waals surface area contributed by atoms with E-state index in [0.717, 1.165) is 30.1 Å². The van der Waals surface area contributed by atoms with Gasteiger partial charge in [0.05, 0.1) is 6.54 Å². The second-order valence-electron chi connectivity index (χ2n) is 3.60. The number of benzene rings is 1. The largest absolute Gasteiger partial charge is 0.385 e. The smallest absolute Gasteiger partial charge is 0.0555 e. The Labute approximate surface area is 108 Å². The normalized spacial score (nSPS) is 9.76. The molecule has 0 unspecified atom stereocenters. The summed E-state index contributed by atoms with van der Waals surface area (Å²) in [6, 6.07) is 8.36. The van der Waals surface area contributed by atoms with Gasteiger partial charge >= 0.3 is 0 Å². The minimum Gasteiger partial charge on any atom is -0.385 e. The van der Waals surface area contributed by atoms with Gasteiger partial charge in [-0.25, -0.2) is 0 Å². The maximum atomic E-state index is 5.32. The zero-order valence-electron chi connectivity index (χ0n) is 10.2. The monoisotopic (exact) mass is 249 g/mol. The van der Waals surface area contributed by atoms with E-state index in [2.05, 4.69) is 24.0 Å². The van der Waals surface area contributed by atoms with Crippen molar-refractivity contribution in [1.29, 1.82) is 0 Å². The summed E-state index contributed by atoms with van der Waals surface area (Å²) in [5.41, 5.74) is 7.69. The summed E-state index contributed by atoms with van der Waals surface area (Å²) >= 11 is 1.93. The Morgan fingerprint density at radius 2 is 2.06 bits per heavy atom. The van der Waals surface area contributed by atoms with Gasteiger partial charge in [-0.05, 0) is 29.9 Å². The molecule has 0 heterocycles. The van der Waals surface area contributed by atoms with Crippen LogP contribution in [0.25, 0.3) is 0 Å². The quantitative estimate of drug-likeness (QED) is 0.620. The van der Waals surface area contributed by atoms with Crippen molar-refractivity contribution in [2.24, 2.45) is 5.73 Å². The average molecular weight is 249 g/mol. The second-order valence-corrected chi connectivity index (χ2v) is 4.71. The summed E-state index contributed by atoms with van der Waals surface area (Å²) in [6.07, 6.45) is 1.11. The number of thioether (sulfide) groups is 1. The van der Waals surface area contributed by atoms with Gasteiger partial charge < -0.3 is 10.5 Å². The van der Waals surface area contributed by atoms with Crippen LogP contribution in [0.2, 0.25) is 0 Å². The molecule has 0 saturated heterocycles. The van der Waals surface area contributed by atoms with Crippen molar-refractivity contribution >= 4 is 11.8 Å². The molecule has 0 aliphatic heterocycles. The first-order valence-electron chi connectivity index (χ1n) is 5.71. The van der Waals surface area contributed by atoms with Gasteiger partial charge in [-0.1, -0.05) is 24.0 Å². The highest BCUT2D eigenvalue weighted by molar-refractivity contribution is 7.98. The number of rotatable bonds is 6. The summed E-state index contributed by atoms with van der Waals surface area (Å²) in [4.78, 5) is 0. The van der Waals surface area contributed by atoms with E-state index < -0.39 is 0 Å². The van der Waals surface area contributed by atoms with Crippen LogP contribution in [-0.4, -0.2) is 26.0 Å². The first-order valence-corrected chi connectivity index (χ1v) is 6.87. The molecular weight excluding hydrogens is 230 g/mol. The third-order valence-electron chi connectivity index (χ3n) is 2.19. The lowest BCUT2D eigenvalue weighted by Crippen LogP contribution is -1.93. The summed E-state index contributed by atoms with van der Waals surface area (Å²) in [7, 11) is 1.74. The van der Waals surface area contributed by atoms with E-state index >= 15 is 0 Å². The molecule has 0 aromatic heterocycles. The highest BCUT2D eigenvalue weighted by Gasteiger charge is 1.94. The number of hydrogen-bond donors (Lipinski definition) is 1. The van der Waals surface area contributed by atoms with Crippen molar-refractivity contribution in [3.8, 4) is 11.8 Å². The molecule has 17 heavy (non-hydrogen) atoms. The lowest BCUT2D eigenvalue weighted by Gasteiger charge is -2.02. The van der Waals surface area contributed by atoms with E-state index in [0.29, 0.717) is 6.54 Å². The molecule has 0 spiro atoms. The number of hydrogen-bond acceptors (Lipinski definition) is 3. The maximum absolute atomic E-state index is 5.32. The molecule has 0 fully saturated rings. The van der Waals surface area contributed by atoms with Crippen molar-refractivity contribution in [2.45, 2.75) is 12.2 Å². The Morgan fingerprint density at radius 1 is 1.29 bits per heavy atom. The van der Waals surface area contributed by atoms with Gasteiger partial charge in [0.2, 0.25) is 0 Å². The van der Waals surface area contributed by atoms with Gasteiger partial charge in [0.1, 0.15) is 0 Å². The van der Waals surface area contributed by atoms with Crippen LogP contribution in [0.5, 0.6) is 0 Å². The molecular formula is C14H19NOS. The van der Waals surface area contributed by atoms with Crippen molar-refractivity contribution in [2.75, 3.05) is 26.0 Å². The molecule has 0 saturated carbocycles. The van der Waals surface area contributed by atoms with Crippen LogP contribution >= 0.6 is 11.8 Å². The first kappa shape index (κ1) is 14.1. The second kappa shape index (κ2) is 9.12. The topological polar surface area (TPSA) is 35.2 Å². The Bertz CT molecular complexity index is 364. The summed E-state index contributed by atoms with van der Waals surface area (Å²) in [5, 5.41) is 0.